The maximum atomic E-state index is 13.1. The summed E-state index contributed by atoms with van der Waals surface area (Å²) in [6.07, 6.45) is 1.95. The molecule has 31 heavy (non-hydrogen) atoms. The molecule has 0 saturated heterocycles. The molecule has 0 aliphatic rings. The smallest absolute Gasteiger partial charge is 0.191 e. The van der Waals surface area contributed by atoms with Crippen molar-refractivity contribution in [1.29, 1.82) is 0 Å². The highest BCUT2D eigenvalue weighted by Gasteiger charge is 2.12. The van der Waals surface area contributed by atoms with Gasteiger partial charge in [-0.25, -0.2) is 9.07 Å². The number of aliphatic imine (C=N–C) groups is 1. The lowest BCUT2D eigenvalue weighted by Crippen LogP contribution is -2.40. The Bertz CT molecular complexity index is 1140. The summed E-state index contributed by atoms with van der Waals surface area (Å²) in [7, 11) is 1.70. The number of hydrogen-bond donors (Lipinski definition) is 3. The number of nitrogens with zero attached hydrogens (tertiary/aromatic N) is 3. The van der Waals surface area contributed by atoms with Gasteiger partial charge in [0.15, 0.2) is 5.96 Å². The van der Waals surface area contributed by atoms with Crippen molar-refractivity contribution >= 4 is 27.4 Å². The third kappa shape index (κ3) is 5.28. The monoisotopic (exact) mass is 437 g/mol. The first-order valence-electron chi connectivity index (χ1n) is 10.0. The molecule has 0 aliphatic carbocycles. The van der Waals surface area contributed by atoms with Gasteiger partial charge in [-0.05, 0) is 47.9 Å². The number of rotatable bonds is 7. The summed E-state index contributed by atoms with van der Waals surface area (Å²) in [4.78, 5) is 5.14. The van der Waals surface area contributed by atoms with Crippen LogP contribution in [-0.4, -0.2) is 41.0 Å². The first-order chi connectivity index (χ1) is 15.1. The van der Waals surface area contributed by atoms with Crippen LogP contribution in [0.2, 0.25) is 0 Å². The third-order valence-corrected chi connectivity index (χ3v) is 6.09. The van der Waals surface area contributed by atoms with Crippen LogP contribution in [0, 0.1) is 5.82 Å². The Morgan fingerprint density at radius 2 is 1.97 bits per heavy atom. The Labute approximate surface area is 184 Å². The van der Waals surface area contributed by atoms with Crippen LogP contribution in [0.5, 0.6) is 0 Å². The van der Waals surface area contributed by atoms with Gasteiger partial charge in [0.1, 0.15) is 11.9 Å². The third-order valence-electron chi connectivity index (χ3n) is 4.87. The van der Waals surface area contributed by atoms with Crippen molar-refractivity contribution in [2.45, 2.75) is 12.5 Å². The normalized spacial score (nSPS) is 12.8. The molecule has 4 rings (SSSR count). The summed E-state index contributed by atoms with van der Waals surface area (Å²) in [6, 6.07) is 18.3. The molecule has 8 heteroatoms. The summed E-state index contributed by atoms with van der Waals surface area (Å²) >= 11 is 1.60. The highest BCUT2D eigenvalue weighted by molar-refractivity contribution is 7.19. The van der Waals surface area contributed by atoms with Crippen molar-refractivity contribution in [2.75, 3.05) is 20.1 Å². The Morgan fingerprint density at radius 3 is 2.74 bits per heavy atom. The molecule has 1 atom stereocenters. The zero-order valence-electron chi connectivity index (χ0n) is 17.1. The second-order valence-corrected chi connectivity index (χ2v) is 8.18. The number of hydrogen-bond acceptors (Lipinski definition) is 4. The van der Waals surface area contributed by atoms with Gasteiger partial charge < -0.3 is 15.7 Å². The van der Waals surface area contributed by atoms with Crippen LogP contribution in [0.4, 0.5) is 4.39 Å². The van der Waals surface area contributed by atoms with E-state index in [4.69, 9.17) is 0 Å². The quantitative estimate of drug-likeness (QED) is 0.305. The van der Waals surface area contributed by atoms with Crippen LogP contribution < -0.4 is 10.6 Å². The summed E-state index contributed by atoms with van der Waals surface area (Å²) in [5.41, 5.74) is 1.73. The van der Waals surface area contributed by atoms with Gasteiger partial charge in [0.05, 0.1) is 11.4 Å². The van der Waals surface area contributed by atoms with Crippen LogP contribution in [0.15, 0.2) is 71.9 Å². The number of nitrogens with one attached hydrogen (secondary N) is 2. The van der Waals surface area contributed by atoms with Gasteiger partial charge in [0.25, 0.3) is 0 Å². The van der Waals surface area contributed by atoms with E-state index in [9.17, 15) is 9.50 Å². The molecule has 0 fully saturated rings. The number of aromatic nitrogens is 2. The van der Waals surface area contributed by atoms with Crippen LogP contribution in [-0.2, 0) is 6.42 Å². The Balaban J connectivity index is 1.25. The number of thiophene rings is 1. The molecule has 2 heterocycles. The van der Waals surface area contributed by atoms with Gasteiger partial charge in [-0.3, -0.25) is 4.99 Å². The zero-order valence-corrected chi connectivity index (χ0v) is 17.9. The van der Waals surface area contributed by atoms with Crippen molar-refractivity contribution < 1.29 is 9.50 Å². The molecule has 0 aliphatic heterocycles. The summed E-state index contributed by atoms with van der Waals surface area (Å²) in [6.45, 7) is 1.00. The highest BCUT2D eigenvalue weighted by Crippen LogP contribution is 2.29. The van der Waals surface area contributed by atoms with E-state index in [2.05, 4.69) is 26.8 Å². The van der Waals surface area contributed by atoms with Crippen molar-refractivity contribution in [2.24, 2.45) is 4.99 Å². The van der Waals surface area contributed by atoms with Gasteiger partial charge >= 0.3 is 0 Å². The van der Waals surface area contributed by atoms with Crippen molar-refractivity contribution in [3.8, 4) is 5.69 Å². The second kappa shape index (κ2) is 9.72. The minimum Gasteiger partial charge on any atom is -0.386 e. The molecule has 3 N–H and O–H groups in total. The van der Waals surface area contributed by atoms with E-state index in [0.717, 1.165) is 21.6 Å². The topological polar surface area (TPSA) is 74.5 Å². The van der Waals surface area contributed by atoms with Crippen molar-refractivity contribution in [3.05, 3.63) is 83.2 Å². The molecule has 2 aromatic carbocycles. The first kappa shape index (κ1) is 21.0. The maximum absolute atomic E-state index is 13.1. The number of fused-ring (bicyclic) bond motifs is 1. The average Bonchev–Trinajstić information content (AvgIpc) is 3.43. The average molecular weight is 438 g/mol. The maximum Gasteiger partial charge on any atom is 0.191 e. The number of aliphatic hydroxyl groups is 1. The van der Waals surface area contributed by atoms with E-state index < -0.39 is 6.10 Å². The lowest BCUT2D eigenvalue weighted by Gasteiger charge is -2.14. The zero-order chi connectivity index (χ0) is 21.6. The summed E-state index contributed by atoms with van der Waals surface area (Å²) in [5, 5.41) is 22.6. The van der Waals surface area contributed by atoms with E-state index >= 15 is 0 Å². The van der Waals surface area contributed by atoms with E-state index in [-0.39, 0.29) is 5.82 Å². The van der Waals surface area contributed by atoms with Crippen LogP contribution in [0.25, 0.3) is 15.8 Å². The molecule has 0 spiro atoms. The lowest BCUT2D eigenvalue weighted by atomic mass is 10.2. The molecule has 0 radical (unpaired) electrons. The fourth-order valence-corrected chi connectivity index (χ4v) is 4.27. The fourth-order valence-electron chi connectivity index (χ4n) is 3.22. The molecular weight excluding hydrogens is 413 g/mol. The largest absolute Gasteiger partial charge is 0.386 e. The molecule has 0 amide bonds. The SMILES string of the molecule is CN=C(NCCc1ccn(-c2ccc(F)cc2)n1)NCC(O)c1cc2ccccc2s1. The van der Waals surface area contributed by atoms with E-state index in [0.29, 0.717) is 25.5 Å². The van der Waals surface area contributed by atoms with Gasteiger partial charge in [0.2, 0.25) is 0 Å². The summed E-state index contributed by atoms with van der Waals surface area (Å²) < 4.78 is 16.0. The molecular formula is C23H24FN5OS. The minimum absolute atomic E-state index is 0.267. The highest BCUT2D eigenvalue weighted by atomic mass is 32.1. The Hall–Kier alpha value is -3.23. The molecule has 4 aromatic rings. The van der Waals surface area contributed by atoms with Crippen molar-refractivity contribution in [3.63, 3.8) is 0 Å². The van der Waals surface area contributed by atoms with Gasteiger partial charge in [-0.1, -0.05) is 18.2 Å². The number of halogens is 1. The van der Waals surface area contributed by atoms with Crippen molar-refractivity contribution in [1.82, 2.24) is 20.4 Å². The molecule has 0 saturated carbocycles. The number of benzene rings is 2. The van der Waals surface area contributed by atoms with Crippen LogP contribution >= 0.6 is 11.3 Å². The first-order valence-corrected chi connectivity index (χ1v) is 10.9. The van der Waals surface area contributed by atoms with Gasteiger partial charge in [0, 0.05) is 42.3 Å². The predicted octanol–water partition coefficient (Wildman–Crippen LogP) is 3.67. The van der Waals surface area contributed by atoms with E-state index in [1.54, 1.807) is 35.2 Å². The Kier molecular flexibility index (Phi) is 6.59. The number of guanidine groups is 1. The molecule has 6 nitrogen and oxygen atoms in total. The van der Waals surface area contributed by atoms with Crippen LogP contribution in [0.3, 0.4) is 0 Å². The lowest BCUT2D eigenvalue weighted by molar-refractivity contribution is 0.184. The van der Waals surface area contributed by atoms with Crippen LogP contribution in [0.1, 0.15) is 16.7 Å². The van der Waals surface area contributed by atoms with E-state index in [1.807, 2.05) is 36.5 Å². The molecule has 160 valence electrons. The van der Waals surface area contributed by atoms with Gasteiger partial charge in [-0.15, -0.1) is 11.3 Å². The predicted molar refractivity (Wildman–Crippen MR) is 123 cm³/mol. The van der Waals surface area contributed by atoms with E-state index in [1.165, 1.54) is 16.8 Å². The summed E-state index contributed by atoms with van der Waals surface area (Å²) in [5.74, 6) is 0.356. The minimum atomic E-state index is -0.609. The standard InChI is InChI=1S/C23H24FN5OS/c1-25-23(27-15-20(30)22-14-16-4-2-3-5-21(16)31-22)26-12-10-18-11-13-29(28-18)19-8-6-17(24)7-9-19/h2-9,11,13-14,20,30H,10,12,15H2,1H3,(H2,25,26,27). The molecule has 2 aromatic heterocycles. The Morgan fingerprint density at radius 1 is 1.16 bits per heavy atom. The number of aliphatic hydroxyl groups excluding tert-OH is 1. The second-order valence-electron chi connectivity index (χ2n) is 7.06. The molecule has 0 bridgehead atoms. The molecule has 1 unspecified atom stereocenters. The van der Waals surface area contributed by atoms with Gasteiger partial charge in [-0.2, -0.15) is 5.10 Å². The fraction of sp³-hybridized carbons (Fsp3) is 0.217.